The SMILES string of the molecule is NC(CCCCCCCC(N)=NO)=NO. The summed E-state index contributed by atoms with van der Waals surface area (Å²) in [4.78, 5) is 0. The van der Waals surface area contributed by atoms with Crippen molar-refractivity contribution in [1.82, 2.24) is 0 Å². The molecule has 0 aromatic heterocycles. The summed E-state index contributed by atoms with van der Waals surface area (Å²) in [5.74, 6) is 0.568. The zero-order valence-corrected chi connectivity index (χ0v) is 8.89. The highest BCUT2D eigenvalue weighted by molar-refractivity contribution is 5.79. The molecule has 0 rings (SSSR count). The van der Waals surface area contributed by atoms with Gasteiger partial charge < -0.3 is 21.9 Å². The van der Waals surface area contributed by atoms with Gasteiger partial charge in [-0.3, -0.25) is 0 Å². The summed E-state index contributed by atoms with van der Waals surface area (Å²) in [6.07, 6.45) is 6.31. The molecule has 0 fully saturated rings. The van der Waals surface area contributed by atoms with E-state index in [9.17, 15) is 0 Å². The van der Waals surface area contributed by atoms with E-state index in [4.69, 9.17) is 21.9 Å². The third kappa shape index (κ3) is 8.86. The van der Waals surface area contributed by atoms with Gasteiger partial charge in [0.1, 0.15) is 11.7 Å². The minimum Gasteiger partial charge on any atom is -0.409 e. The third-order valence-electron chi connectivity index (χ3n) is 2.12. The molecule has 0 saturated carbocycles. The second kappa shape index (κ2) is 9.11. The number of hydrogen-bond donors (Lipinski definition) is 4. The number of nitrogens with zero attached hydrogens (tertiary/aromatic N) is 2. The number of hydrogen-bond acceptors (Lipinski definition) is 4. The zero-order chi connectivity index (χ0) is 11.5. The van der Waals surface area contributed by atoms with Crippen LogP contribution in [0.15, 0.2) is 10.3 Å². The van der Waals surface area contributed by atoms with Crippen LogP contribution in [0.3, 0.4) is 0 Å². The normalized spacial score (nSPS) is 13.1. The summed E-state index contributed by atoms with van der Waals surface area (Å²) < 4.78 is 0. The summed E-state index contributed by atoms with van der Waals surface area (Å²) in [6.45, 7) is 0. The molecule has 6 N–H and O–H groups in total. The Labute approximate surface area is 89.6 Å². The van der Waals surface area contributed by atoms with E-state index in [2.05, 4.69) is 10.3 Å². The second-order valence-corrected chi connectivity index (χ2v) is 3.45. The van der Waals surface area contributed by atoms with Crippen LogP contribution in [0.5, 0.6) is 0 Å². The van der Waals surface area contributed by atoms with Crippen molar-refractivity contribution < 1.29 is 10.4 Å². The highest BCUT2D eigenvalue weighted by atomic mass is 16.4. The van der Waals surface area contributed by atoms with Crippen molar-refractivity contribution >= 4 is 11.7 Å². The van der Waals surface area contributed by atoms with Crippen LogP contribution in [-0.2, 0) is 0 Å². The largest absolute Gasteiger partial charge is 0.409 e. The van der Waals surface area contributed by atoms with E-state index in [-0.39, 0.29) is 11.7 Å². The molecule has 0 aliphatic carbocycles. The number of oxime groups is 2. The summed E-state index contributed by atoms with van der Waals surface area (Å²) in [5, 5.41) is 22.3. The molecule has 0 aliphatic heterocycles. The molecule has 0 saturated heterocycles. The van der Waals surface area contributed by atoms with E-state index in [1.54, 1.807) is 0 Å². The smallest absolute Gasteiger partial charge is 0.139 e. The molecule has 15 heavy (non-hydrogen) atoms. The fraction of sp³-hybridized carbons (Fsp3) is 0.778. The molecule has 0 radical (unpaired) electrons. The van der Waals surface area contributed by atoms with Gasteiger partial charge in [0.25, 0.3) is 0 Å². The minimum absolute atomic E-state index is 0.284. The Morgan fingerprint density at radius 3 is 1.40 bits per heavy atom. The van der Waals surface area contributed by atoms with Crippen molar-refractivity contribution in [3.05, 3.63) is 0 Å². The molecular weight excluding hydrogens is 196 g/mol. The van der Waals surface area contributed by atoms with Gasteiger partial charge in [-0.1, -0.05) is 29.6 Å². The Morgan fingerprint density at radius 1 is 0.733 bits per heavy atom. The van der Waals surface area contributed by atoms with E-state index in [1.165, 1.54) is 0 Å². The van der Waals surface area contributed by atoms with Gasteiger partial charge in [-0.15, -0.1) is 0 Å². The minimum atomic E-state index is 0.284. The molecule has 0 unspecified atom stereocenters. The van der Waals surface area contributed by atoms with Crippen molar-refractivity contribution in [2.45, 2.75) is 44.9 Å². The molecule has 0 heterocycles. The third-order valence-corrected chi connectivity index (χ3v) is 2.12. The quantitative estimate of drug-likeness (QED) is 0.160. The summed E-state index contributed by atoms with van der Waals surface area (Å²) in [6, 6.07) is 0. The molecular formula is C9H20N4O2. The average molecular weight is 216 g/mol. The molecule has 0 aromatic rings. The first-order valence-electron chi connectivity index (χ1n) is 5.13. The Balaban J connectivity index is 3.19. The van der Waals surface area contributed by atoms with Crippen LogP contribution in [-0.4, -0.2) is 22.1 Å². The van der Waals surface area contributed by atoms with Crippen molar-refractivity contribution in [2.24, 2.45) is 21.8 Å². The van der Waals surface area contributed by atoms with Crippen molar-refractivity contribution in [3.63, 3.8) is 0 Å². The number of nitrogens with two attached hydrogens (primary N) is 2. The molecule has 0 aliphatic rings. The van der Waals surface area contributed by atoms with Gasteiger partial charge in [0.2, 0.25) is 0 Å². The van der Waals surface area contributed by atoms with E-state index >= 15 is 0 Å². The van der Waals surface area contributed by atoms with Crippen LogP contribution in [0.25, 0.3) is 0 Å². The van der Waals surface area contributed by atoms with E-state index in [0.717, 1.165) is 32.1 Å². The average Bonchev–Trinajstić information content (AvgIpc) is 2.26. The van der Waals surface area contributed by atoms with Crippen LogP contribution in [0.4, 0.5) is 0 Å². The first kappa shape index (κ1) is 13.5. The van der Waals surface area contributed by atoms with Gasteiger partial charge in [0.15, 0.2) is 0 Å². The fourth-order valence-corrected chi connectivity index (χ4v) is 1.24. The fourth-order valence-electron chi connectivity index (χ4n) is 1.24. The topological polar surface area (TPSA) is 117 Å². The van der Waals surface area contributed by atoms with E-state index < -0.39 is 0 Å². The van der Waals surface area contributed by atoms with Crippen LogP contribution in [0.2, 0.25) is 0 Å². The second-order valence-electron chi connectivity index (χ2n) is 3.45. The lowest BCUT2D eigenvalue weighted by molar-refractivity contribution is 0.316. The van der Waals surface area contributed by atoms with Gasteiger partial charge in [0.05, 0.1) is 0 Å². The Kier molecular flexibility index (Phi) is 8.22. The van der Waals surface area contributed by atoms with Crippen molar-refractivity contribution in [3.8, 4) is 0 Å². The molecule has 6 heteroatoms. The van der Waals surface area contributed by atoms with Crippen LogP contribution in [0, 0.1) is 0 Å². The maximum Gasteiger partial charge on any atom is 0.139 e. The molecule has 88 valence electrons. The van der Waals surface area contributed by atoms with Crippen LogP contribution in [0.1, 0.15) is 44.9 Å². The first-order chi connectivity index (χ1) is 7.20. The maximum absolute atomic E-state index is 8.28. The van der Waals surface area contributed by atoms with Crippen LogP contribution >= 0.6 is 0 Å². The molecule has 0 atom stereocenters. The van der Waals surface area contributed by atoms with Gasteiger partial charge in [-0.25, -0.2) is 0 Å². The van der Waals surface area contributed by atoms with Crippen molar-refractivity contribution in [2.75, 3.05) is 0 Å². The summed E-state index contributed by atoms with van der Waals surface area (Å²) in [5.41, 5.74) is 10.6. The lowest BCUT2D eigenvalue weighted by Gasteiger charge is -2.00. The zero-order valence-electron chi connectivity index (χ0n) is 8.89. The highest BCUT2D eigenvalue weighted by Gasteiger charge is 1.96. The summed E-state index contributed by atoms with van der Waals surface area (Å²) in [7, 11) is 0. The van der Waals surface area contributed by atoms with E-state index in [0.29, 0.717) is 12.8 Å². The number of amidine groups is 2. The molecule has 0 amide bonds. The van der Waals surface area contributed by atoms with Gasteiger partial charge >= 0.3 is 0 Å². The molecule has 0 aromatic carbocycles. The first-order valence-corrected chi connectivity index (χ1v) is 5.13. The lowest BCUT2D eigenvalue weighted by atomic mass is 10.1. The van der Waals surface area contributed by atoms with Gasteiger partial charge in [0, 0.05) is 12.8 Å². The van der Waals surface area contributed by atoms with Gasteiger partial charge in [-0.05, 0) is 12.8 Å². The van der Waals surface area contributed by atoms with Gasteiger partial charge in [-0.2, -0.15) is 0 Å². The maximum atomic E-state index is 8.28. The monoisotopic (exact) mass is 216 g/mol. The number of rotatable bonds is 8. The Hall–Kier alpha value is -1.46. The molecule has 6 nitrogen and oxygen atoms in total. The predicted molar refractivity (Wildman–Crippen MR) is 59.1 cm³/mol. The Bertz CT molecular complexity index is 194. The molecule has 0 spiro atoms. The standard InChI is InChI=1S/C9H20N4O2/c10-8(12-14)6-4-2-1-3-5-7-9(11)13-15/h14-15H,1-7H2,(H2,10,12)(H2,11,13). The highest BCUT2D eigenvalue weighted by Crippen LogP contribution is 2.06. The lowest BCUT2D eigenvalue weighted by Crippen LogP contribution is -2.11. The Morgan fingerprint density at radius 2 is 1.07 bits per heavy atom. The number of unbranched alkanes of at least 4 members (excludes halogenated alkanes) is 4. The molecule has 0 bridgehead atoms. The van der Waals surface area contributed by atoms with E-state index in [1.807, 2.05) is 0 Å². The summed E-state index contributed by atoms with van der Waals surface area (Å²) >= 11 is 0. The van der Waals surface area contributed by atoms with Crippen molar-refractivity contribution in [1.29, 1.82) is 0 Å². The van der Waals surface area contributed by atoms with Crippen LogP contribution < -0.4 is 11.5 Å². The predicted octanol–water partition coefficient (Wildman–Crippen LogP) is 1.21.